The summed E-state index contributed by atoms with van der Waals surface area (Å²) in [5.74, 6) is 0.891. The van der Waals surface area contributed by atoms with Gasteiger partial charge in [-0.2, -0.15) is 5.10 Å². The van der Waals surface area contributed by atoms with Crippen molar-refractivity contribution >= 4 is 0 Å². The normalized spacial score (nSPS) is 16.8. The van der Waals surface area contributed by atoms with Crippen LogP contribution in [0.15, 0.2) is 24.3 Å². The van der Waals surface area contributed by atoms with Crippen LogP contribution in [0.25, 0.3) is 0 Å². The Balaban J connectivity index is 1.69. The number of aromatic nitrogens is 2. The van der Waals surface area contributed by atoms with Crippen molar-refractivity contribution < 1.29 is 9.47 Å². The zero-order valence-electron chi connectivity index (χ0n) is 15.3. The SMILES string of the molecule is COc1ccc(C(CNCc2c(C)n[nH]c2C)N2CCOCC2)cc1. The summed E-state index contributed by atoms with van der Waals surface area (Å²) in [4.78, 5) is 2.49. The number of H-pyrrole nitrogens is 1. The molecule has 1 fully saturated rings. The van der Waals surface area contributed by atoms with Crippen molar-refractivity contribution in [1.82, 2.24) is 20.4 Å². The van der Waals surface area contributed by atoms with Crippen molar-refractivity contribution in [3.63, 3.8) is 0 Å². The third-order valence-electron chi connectivity index (χ3n) is 4.91. The number of methoxy groups -OCH3 is 1. The van der Waals surface area contributed by atoms with E-state index in [1.165, 1.54) is 11.1 Å². The molecule has 1 aromatic heterocycles. The van der Waals surface area contributed by atoms with Gasteiger partial charge in [0.2, 0.25) is 0 Å². The second-order valence-corrected chi connectivity index (χ2v) is 6.48. The molecular formula is C19H28N4O2. The maximum absolute atomic E-state index is 5.52. The molecule has 2 N–H and O–H groups in total. The first-order valence-corrected chi connectivity index (χ1v) is 8.86. The topological polar surface area (TPSA) is 62.4 Å². The van der Waals surface area contributed by atoms with E-state index >= 15 is 0 Å². The molecule has 1 aliphatic rings. The molecule has 0 bridgehead atoms. The van der Waals surface area contributed by atoms with Crippen molar-refractivity contribution in [2.24, 2.45) is 0 Å². The average Bonchev–Trinajstić information content (AvgIpc) is 2.98. The first-order chi connectivity index (χ1) is 12.2. The standard InChI is InChI=1S/C19H28N4O2/c1-14-18(15(2)22-21-14)12-20-13-19(23-8-10-25-11-9-23)16-4-6-17(24-3)7-5-16/h4-7,19-20H,8-13H2,1-3H3,(H,21,22). The van der Waals surface area contributed by atoms with Crippen LogP contribution in [0, 0.1) is 13.8 Å². The van der Waals surface area contributed by atoms with E-state index in [9.17, 15) is 0 Å². The molecular weight excluding hydrogens is 316 g/mol. The van der Waals surface area contributed by atoms with E-state index in [1.807, 2.05) is 19.1 Å². The van der Waals surface area contributed by atoms with Crippen molar-refractivity contribution in [3.8, 4) is 5.75 Å². The van der Waals surface area contributed by atoms with Crippen LogP contribution in [0.5, 0.6) is 5.75 Å². The molecule has 25 heavy (non-hydrogen) atoms. The maximum atomic E-state index is 5.52. The second kappa shape index (κ2) is 8.47. The van der Waals surface area contributed by atoms with Crippen LogP contribution >= 0.6 is 0 Å². The van der Waals surface area contributed by atoms with Gasteiger partial charge in [0, 0.05) is 43.5 Å². The molecule has 0 amide bonds. The molecule has 2 aromatic rings. The molecule has 3 rings (SSSR count). The highest BCUT2D eigenvalue weighted by Crippen LogP contribution is 2.24. The predicted molar refractivity (Wildman–Crippen MR) is 97.9 cm³/mol. The minimum absolute atomic E-state index is 0.322. The Bertz CT molecular complexity index is 643. The van der Waals surface area contributed by atoms with Crippen molar-refractivity contribution in [2.45, 2.75) is 26.4 Å². The van der Waals surface area contributed by atoms with Gasteiger partial charge in [0.15, 0.2) is 0 Å². The molecule has 2 heterocycles. The molecule has 1 aliphatic heterocycles. The Labute approximate surface area is 149 Å². The third kappa shape index (κ3) is 4.39. The predicted octanol–water partition coefficient (Wildman–Crippen LogP) is 2.20. The number of nitrogens with zero attached hydrogens (tertiary/aromatic N) is 2. The number of ether oxygens (including phenoxy) is 2. The molecule has 6 heteroatoms. The molecule has 136 valence electrons. The van der Waals surface area contributed by atoms with Crippen LogP contribution in [0.4, 0.5) is 0 Å². The van der Waals surface area contributed by atoms with Gasteiger partial charge in [0.25, 0.3) is 0 Å². The first kappa shape index (κ1) is 17.9. The Morgan fingerprint density at radius 1 is 1.24 bits per heavy atom. The lowest BCUT2D eigenvalue weighted by Crippen LogP contribution is -2.42. The first-order valence-electron chi connectivity index (χ1n) is 8.86. The van der Waals surface area contributed by atoms with Gasteiger partial charge in [-0.25, -0.2) is 0 Å². The van der Waals surface area contributed by atoms with Gasteiger partial charge in [0.05, 0.1) is 26.0 Å². The minimum Gasteiger partial charge on any atom is -0.497 e. The molecule has 1 aromatic carbocycles. The molecule has 6 nitrogen and oxygen atoms in total. The van der Waals surface area contributed by atoms with Crippen LogP contribution in [-0.2, 0) is 11.3 Å². The van der Waals surface area contributed by atoms with Crippen molar-refractivity contribution in [2.75, 3.05) is 40.0 Å². The van der Waals surface area contributed by atoms with E-state index in [4.69, 9.17) is 9.47 Å². The van der Waals surface area contributed by atoms with Crippen molar-refractivity contribution in [3.05, 3.63) is 46.8 Å². The Morgan fingerprint density at radius 2 is 1.96 bits per heavy atom. The van der Waals surface area contributed by atoms with Crippen LogP contribution in [0.2, 0.25) is 0 Å². The third-order valence-corrected chi connectivity index (χ3v) is 4.91. The van der Waals surface area contributed by atoms with E-state index in [0.717, 1.165) is 56.5 Å². The lowest BCUT2D eigenvalue weighted by atomic mass is 10.0. The fourth-order valence-corrected chi connectivity index (χ4v) is 3.34. The summed E-state index contributed by atoms with van der Waals surface area (Å²) in [7, 11) is 1.70. The summed E-state index contributed by atoms with van der Waals surface area (Å²) in [6.07, 6.45) is 0. The maximum Gasteiger partial charge on any atom is 0.118 e. The number of aryl methyl sites for hydroxylation is 2. The zero-order valence-corrected chi connectivity index (χ0v) is 15.3. The van der Waals surface area contributed by atoms with Gasteiger partial charge >= 0.3 is 0 Å². The lowest BCUT2D eigenvalue weighted by Gasteiger charge is -2.35. The van der Waals surface area contributed by atoms with Crippen molar-refractivity contribution in [1.29, 1.82) is 0 Å². The van der Waals surface area contributed by atoms with E-state index in [1.54, 1.807) is 7.11 Å². The summed E-state index contributed by atoms with van der Waals surface area (Å²) in [6, 6.07) is 8.71. The smallest absolute Gasteiger partial charge is 0.118 e. The number of hydrogen-bond donors (Lipinski definition) is 2. The monoisotopic (exact) mass is 344 g/mol. The Hall–Kier alpha value is -1.89. The fourth-order valence-electron chi connectivity index (χ4n) is 3.34. The van der Waals surface area contributed by atoms with Gasteiger partial charge < -0.3 is 14.8 Å². The van der Waals surface area contributed by atoms with E-state index < -0.39 is 0 Å². The molecule has 0 saturated carbocycles. The molecule has 0 radical (unpaired) electrons. The number of hydrogen-bond acceptors (Lipinski definition) is 5. The summed E-state index contributed by atoms with van der Waals surface area (Å²) in [5.41, 5.74) is 4.76. The summed E-state index contributed by atoms with van der Waals surface area (Å²) < 4.78 is 10.8. The molecule has 0 aliphatic carbocycles. The number of nitrogens with one attached hydrogen (secondary N) is 2. The Morgan fingerprint density at radius 3 is 2.56 bits per heavy atom. The summed E-state index contributed by atoms with van der Waals surface area (Å²) >= 11 is 0. The number of benzene rings is 1. The van der Waals surface area contributed by atoms with Gasteiger partial charge in [-0.05, 0) is 31.5 Å². The molecule has 1 saturated heterocycles. The largest absolute Gasteiger partial charge is 0.497 e. The molecule has 0 spiro atoms. The molecule has 1 atom stereocenters. The van der Waals surface area contributed by atoms with Crippen LogP contribution < -0.4 is 10.1 Å². The fraction of sp³-hybridized carbons (Fsp3) is 0.526. The summed E-state index contributed by atoms with van der Waals surface area (Å²) in [6.45, 7) is 9.34. The van der Waals surface area contributed by atoms with Crippen LogP contribution in [0.1, 0.15) is 28.6 Å². The average molecular weight is 344 g/mol. The van der Waals surface area contributed by atoms with E-state index in [-0.39, 0.29) is 0 Å². The highest BCUT2D eigenvalue weighted by Gasteiger charge is 2.22. The minimum atomic E-state index is 0.322. The van der Waals surface area contributed by atoms with Gasteiger partial charge in [-0.1, -0.05) is 12.1 Å². The number of aromatic amines is 1. The van der Waals surface area contributed by atoms with Gasteiger partial charge in [0.1, 0.15) is 5.75 Å². The second-order valence-electron chi connectivity index (χ2n) is 6.48. The number of rotatable bonds is 7. The van der Waals surface area contributed by atoms with Gasteiger partial charge in [-0.3, -0.25) is 10.00 Å². The van der Waals surface area contributed by atoms with E-state index in [2.05, 4.69) is 39.5 Å². The Kier molecular flexibility index (Phi) is 6.07. The highest BCUT2D eigenvalue weighted by atomic mass is 16.5. The molecule has 1 unspecified atom stereocenters. The lowest BCUT2D eigenvalue weighted by molar-refractivity contribution is 0.0161. The summed E-state index contributed by atoms with van der Waals surface area (Å²) in [5, 5.41) is 10.9. The van der Waals surface area contributed by atoms with Gasteiger partial charge in [-0.15, -0.1) is 0 Å². The zero-order chi connectivity index (χ0) is 17.6. The quantitative estimate of drug-likeness (QED) is 0.806. The highest BCUT2D eigenvalue weighted by molar-refractivity contribution is 5.29. The van der Waals surface area contributed by atoms with E-state index in [0.29, 0.717) is 6.04 Å². The van der Waals surface area contributed by atoms with Crippen LogP contribution in [0.3, 0.4) is 0 Å². The number of morpholine rings is 1. The van der Waals surface area contributed by atoms with Crippen LogP contribution in [-0.4, -0.2) is 55.1 Å².